The van der Waals surface area contributed by atoms with Crippen LogP contribution in [0.4, 0.5) is 0 Å². The molecule has 0 bridgehead atoms. The van der Waals surface area contributed by atoms with E-state index >= 15 is 0 Å². The number of aliphatic hydroxyl groups is 1. The molecule has 2 atom stereocenters. The molecular weight excluding hydrogens is 240 g/mol. The first-order chi connectivity index (χ1) is 9.04. The minimum absolute atomic E-state index is 0.357. The summed E-state index contributed by atoms with van der Waals surface area (Å²) in [6.07, 6.45) is 5.35. The molecule has 4 nitrogen and oxygen atoms in total. The molecule has 1 aromatic rings. The van der Waals surface area contributed by atoms with Crippen molar-refractivity contribution in [2.45, 2.75) is 58.6 Å². The van der Waals surface area contributed by atoms with Gasteiger partial charge in [-0.3, -0.25) is 0 Å². The maximum Gasteiger partial charge on any atom is 0.194 e. The number of rotatable bonds is 5. The molecule has 0 aliphatic carbocycles. The highest BCUT2D eigenvalue weighted by molar-refractivity contribution is 4.99. The minimum Gasteiger partial charge on any atom is -0.449 e. The van der Waals surface area contributed by atoms with E-state index in [4.69, 9.17) is 4.42 Å². The lowest BCUT2D eigenvalue weighted by Crippen LogP contribution is -2.40. The van der Waals surface area contributed by atoms with Crippen LogP contribution in [0.25, 0.3) is 0 Å². The Hall–Kier alpha value is -0.870. The van der Waals surface area contributed by atoms with Gasteiger partial charge in [-0.2, -0.15) is 0 Å². The van der Waals surface area contributed by atoms with Crippen molar-refractivity contribution < 1.29 is 9.52 Å². The van der Waals surface area contributed by atoms with Gasteiger partial charge in [0.05, 0.1) is 11.8 Å². The van der Waals surface area contributed by atoms with Crippen LogP contribution in [0.2, 0.25) is 0 Å². The van der Waals surface area contributed by atoms with Crippen molar-refractivity contribution in [3.63, 3.8) is 0 Å². The summed E-state index contributed by atoms with van der Waals surface area (Å²) >= 11 is 0. The van der Waals surface area contributed by atoms with Crippen LogP contribution in [0.1, 0.15) is 45.2 Å². The van der Waals surface area contributed by atoms with Crippen LogP contribution in [0, 0.1) is 5.92 Å². The van der Waals surface area contributed by atoms with Gasteiger partial charge in [-0.25, -0.2) is 4.98 Å². The van der Waals surface area contributed by atoms with E-state index in [0.29, 0.717) is 18.4 Å². The van der Waals surface area contributed by atoms with Crippen LogP contribution in [-0.4, -0.2) is 40.2 Å². The predicted octanol–water partition coefficient (Wildman–Crippen LogP) is 2.26. The highest BCUT2D eigenvalue weighted by atomic mass is 16.3. The van der Waals surface area contributed by atoms with Gasteiger partial charge < -0.3 is 14.4 Å². The molecule has 0 radical (unpaired) electrons. The number of aliphatic hydroxyl groups excluding tert-OH is 1. The molecule has 1 fully saturated rings. The SMILES string of the molecule is CC(O)Cc1coc(CC2CCCN(C(C)C)C2)n1. The average Bonchev–Trinajstić information content (AvgIpc) is 2.76. The molecule has 1 aliphatic rings. The van der Waals surface area contributed by atoms with Crippen LogP contribution in [0.3, 0.4) is 0 Å². The Morgan fingerprint density at radius 2 is 2.26 bits per heavy atom. The van der Waals surface area contributed by atoms with E-state index < -0.39 is 0 Å². The molecule has 108 valence electrons. The monoisotopic (exact) mass is 266 g/mol. The lowest BCUT2D eigenvalue weighted by Gasteiger charge is -2.35. The maximum atomic E-state index is 9.34. The molecule has 19 heavy (non-hydrogen) atoms. The van der Waals surface area contributed by atoms with Gasteiger partial charge in [-0.15, -0.1) is 0 Å². The minimum atomic E-state index is -0.357. The van der Waals surface area contributed by atoms with E-state index in [0.717, 1.165) is 24.6 Å². The zero-order valence-electron chi connectivity index (χ0n) is 12.3. The van der Waals surface area contributed by atoms with E-state index in [1.807, 2.05) is 0 Å². The summed E-state index contributed by atoms with van der Waals surface area (Å²) < 4.78 is 5.52. The zero-order valence-corrected chi connectivity index (χ0v) is 12.3. The van der Waals surface area contributed by atoms with Crippen LogP contribution >= 0.6 is 0 Å². The standard InChI is InChI=1S/C15H26N2O2/c1-11(2)17-6-4-5-13(9-17)8-15-16-14(10-19-15)7-12(3)18/h10-13,18H,4-9H2,1-3H3. The Balaban J connectivity index is 1.88. The maximum absolute atomic E-state index is 9.34. The van der Waals surface area contributed by atoms with Crippen molar-refractivity contribution >= 4 is 0 Å². The van der Waals surface area contributed by atoms with E-state index in [1.165, 1.54) is 19.4 Å². The van der Waals surface area contributed by atoms with Gasteiger partial charge in [0.1, 0.15) is 6.26 Å². The predicted molar refractivity (Wildman–Crippen MR) is 75.0 cm³/mol. The third-order valence-corrected chi connectivity index (χ3v) is 3.85. The number of nitrogens with zero attached hydrogens (tertiary/aromatic N) is 2. The highest BCUT2D eigenvalue weighted by Crippen LogP contribution is 2.22. The smallest absolute Gasteiger partial charge is 0.194 e. The molecule has 0 aromatic carbocycles. The van der Waals surface area contributed by atoms with E-state index in [1.54, 1.807) is 13.2 Å². The van der Waals surface area contributed by atoms with Gasteiger partial charge in [-0.05, 0) is 46.1 Å². The largest absolute Gasteiger partial charge is 0.449 e. The topological polar surface area (TPSA) is 49.5 Å². The first kappa shape index (κ1) is 14.5. The van der Waals surface area contributed by atoms with Gasteiger partial charge in [0.15, 0.2) is 5.89 Å². The number of oxazole rings is 1. The fourth-order valence-electron chi connectivity index (χ4n) is 2.82. The van der Waals surface area contributed by atoms with Crippen molar-refractivity contribution in [3.8, 4) is 0 Å². The molecule has 0 amide bonds. The Kier molecular flexibility index (Phi) is 4.99. The Labute approximate surface area is 115 Å². The number of piperidine rings is 1. The highest BCUT2D eigenvalue weighted by Gasteiger charge is 2.23. The van der Waals surface area contributed by atoms with Crippen LogP contribution in [0.5, 0.6) is 0 Å². The first-order valence-electron chi connectivity index (χ1n) is 7.40. The van der Waals surface area contributed by atoms with E-state index in [2.05, 4.69) is 23.7 Å². The van der Waals surface area contributed by atoms with Gasteiger partial charge in [0, 0.05) is 25.4 Å². The second-order valence-electron chi connectivity index (χ2n) is 6.09. The molecule has 0 saturated carbocycles. The summed E-state index contributed by atoms with van der Waals surface area (Å²) in [6.45, 7) is 8.65. The third kappa shape index (κ3) is 4.32. The lowest BCUT2D eigenvalue weighted by molar-refractivity contribution is 0.136. The summed E-state index contributed by atoms with van der Waals surface area (Å²) in [5.41, 5.74) is 0.863. The molecule has 2 rings (SSSR count). The number of hydrogen-bond donors (Lipinski definition) is 1. The fourth-order valence-corrected chi connectivity index (χ4v) is 2.82. The van der Waals surface area contributed by atoms with Gasteiger partial charge in [0.25, 0.3) is 0 Å². The fraction of sp³-hybridized carbons (Fsp3) is 0.800. The second-order valence-corrected chi connectivity index (χ2v) is 6.09. The van der Waals surface area contributed by atoms with Crippen molar-refractivity contribution in [1.82, 2.24) is 9.88 Å². The molecule has 2 heterocycles. The third-order valence-electron chi connectivity index (χ3n) is 3.85. The summed E-state index contributed by atoms with van der Waals surface area (Å²) in [7, 11) is 0. The summed E-state index contributed by atoms with van der Waals surface area (Å²) in [5.74, 6) is 1.47. The molecular formula is C15H26N2O2. The molecule has 1 N–H and O–H groups in total. The number of hydrogen-bond acceptors (Lipinski definition) is 4. The van der Waals surface area contributed by atoms with E-state index in [-0.39, 0.29) is 6.10 Å². The average molecular weight is 266 g/mol. The van der Waals surface area contributed by atoms with Crippen molar-refractivity contribution in [1.29, 1.82) is 0 Å². The molecule has 1 aliphatic heterocycles. The number of aromatic nitrogens is 1. The molecule has 1 aromatic heterocycles. The number of likely N-dealkylation sites (tertiary alicyclic amines) is 1. The van der Waals surface area contributed by atoms with Gasteiger partial charge in [-0.1, -0.05) is 0 Å². The Bertz CT molecular complexity index is 387. The Morgan fingerprint density at radius 1 is 1.47 bits per heavy atom. The summed E-state index contributed by atoms with van der Waals surface area (Å²) in [4.78, 5) is 7.00. The van der Waals surface area contributed by atoms with Gasteiger partial charge >= 0.3 is 0 Å². The molecule has 2 unspecified atom stereocenters. The van der Waals surface area contributed by atoms with Crippen LogP contribution < -0.4 is 0 Å². The second kappa shape index (κ2) is 6.53. The summed E-state index contributed by atoms with van der Waals surface area (Å²) in [5, 5.41) is 9.34. The van der Waals surface area contributed by atoms with Crippen LogP contribution in [0.15, 0.2) is 10.7 Å². The summed E-state index contributed by atoms with van der Waals surface area (Å²) in [6, 6.07) is 0.623. The Morgan fingerprint density at radius 3 is 2.95 bits per heavy atom. The molecule has 4 heteroatoms. The molecule has 1 saturated heterocycles. The van der Waals surface area contributed by atoms with Crippen molar-refractivity contribution in [2.75, 3.05) is 13.1 Å². The quantitative estimate of drug-likeness (QED) is 0.888. The van der Waals surface area contributed by atoms with Crippen LogP contribution in [-0.2, 0) is 12.8 Å². The van der Waals surface area contributed by atoms with Gasteiger partial charge in [0.2, 0.25) is 0 Å². The first-order valence-corrected chi connectivity index (χ1v) is 7.40. The normalized spacial score (nSPS) is 22.9. The molecule has 0 spiro atoms. The lowest BCUT2D eigenvalue weighted by atomic mass is 9.94. The van der Waals surface area contributed by atoms with E-state index in [9.17, 15) is 5.11 Å². The zero-order chi connectivity index (χ0) is 13.8. The van der Waals surface area contributed by atoms with Crippen molar-refractivity contribution in [3.05, 3.63) is 17.8 Å². The van der Waals surface area contributed by atoms with Crippen molar-refractivity contribution in [2.24, 2.45) is 5.92 Å².